The van der Waals surface area contributed by atoms with Crippen molar-refractivity contribution >= 4 is 29.1 Å². The number of benzene rings is 1. The van der Waals surface area contributed by atoms with Crippen LogP contribution in [0.2, 0.25) is 10.0 Å². The number of pyridine rings is 2. The van der Waals surface area contributed by atoms with Crippen LogP contribution < -0.4 is 4.74 Å². The summed E-state index contributed by atoms with van der Waals surface area (Å²) in [5.74, 6) is 0.0418. The van der Waals surface area contributed by atoms with Crippen molar-refractivity contribution < 1.29 is 22.7 Å². The smallest absolute Gasteiger partial charge is 0.417 e. The number of aromatic nitrogens is 4. The molecule has 3 aromatic heterocycles. The van der Waals surface area contributed by atoms with Crippen molar-refractivity contribution in [2.45, 2.75) is 25.1 Å². The summed E-state index contributed by atoms with van der Waals surface area (Å²) in [6.07, 6.45) is 0.650. The molecule has 1 aliphatic rings. The summed E-state index contributed by atoms with van der Waals surface area (Å²) >= 11 is 12.4. The van der Waals surface area contributed by atoms with E-state index in [1.165, 1.54) is 12.3 Å². The Bertz CT molecular complexity index is 1450. The Balaban J connectivity index is 1.38. The van der Waals surface area contributed by atoms with Crippen molar-refractivity contribution in [3.8, 4) is 11.7 Å². The normalized spacial score (nSPS) is 18.3. The molecule has 12 heteroatoms. The molecule has 1 amide bonds. The fourth-order valence-electron chi connectivity index (χ4n) is 4.70. The Morgan fingerprint density at radius 3 is 2.49 bits per heavy atom. The van der Waals surface area contributed by atoms with E-state index in [0.717, 1.165) is 17.8 Å². The molecule has 5 rings (SSSR count). The van der Waals surface area contributed by atoms with Crippen LogP contribution in [-0.4, -0.2) is 49.7 Å². The number of amides is 1. The molecule has 0 saturated carbocycles. The predicted octanol–water partition coefficient (Wildman–Crippen LogP) is 6.31. The van der Waals surface area contributed by atoms with Gasteiger partial charge in [0.05, 0.1) is 21.2 Å². The van der Waals surface area contributed by atoms with Crippen LogP contribution in [0.3, 0.4) is 0 Å². The van der Waals surface area contributed by atoms with Gasteiger partial charge in [0.2, 0.25) is 5.88 Å². The van der Waals surface area contributed by atoms with Crippen molar-refractivity contribution in [3.05, 3.63) is 100 Å². The lowest BCUT2D eigenvalue weighted by atomic mass is 9.86. The minimum Gasteiger partial charge on any atom is -0.474 e. The van der Waals surface area contributed by atoms with Gasteiger partial charge in [-0.15, -0.1) is 0 Å². The SMILES string of the molecule is C[C@H](Oc1ccc(C(F)(F)F)cn1)[C@H]1CN(C(=O)c2ccc(-n3cccn3)nc2)C[C@@H]1c1ccc(Cl)c(Cl)c1. The summed E-state index contributed by atoms with van der Waals surface area (Å²) < 4.78 is 46.4. The molecule has 39 heavy (non-hydrogen) atoms. The van der Waals surface area contributed by atoms with E-state index >= 15 is 0 Å². The second-order valence-corrected chi connectivity index (χ2v) is 10.0. The molecule has 0 aliphatic carbocycles. The average molecular weight is 576 g/mol. The highest BCUT2D eigenvalue weighted by atomic mass is 35.5. The lowest BCUT2D eigenvalue weighted by Crippen LogP contribution is -2.32. The minimum atomic E-state index is -4.49. The number of nitrogens with zero attached hydrogens (tertiary/aromatic N) is 5. The lowest BCUT2D eigenvalue weighted by Gasteiger charge is -2.25. The summed E-state index contributed by atoms with van der Waals surface area (Å²) in [6.45, 7) is 2.52. The van der Waals surface area contributed by atoms with Gasteiger partial charge in [-0.1, -0.05) is 29.3 Å². The Morgan fingerprint density at radius 1 is 1.05 bits per heavy atom. The number of rotatable bonds is 6. The van der Waals surface area contributed by atoms with Crippen LogP contribution in [0.25, 0.3) is 5.82 Å². The third-order valence-corrected chi connectivity index (χ3v) is 7.47. The maximum absolute atomic E-state index is 13.5. The number of hydrogen-bond donors (Lipinski definition) is 0. The van der Waals surface area contributed by atoms with Crippen LogP contribution in [0, 0.1) is 5.92 Å². The monoisotopic (exact) mass is 575 g/mol. The molecule has 0 spiro atoms. The van der Waals surface area contributed by atoms with E-state index in [1.807, 2.05) is 13.0 Å². The average Bonchev–Trinajstić information content (AvgIpc) is 3.61. The number of halogens is 5. The lowest BCUT2D eigenvalue weighted by molar-refractivity contribution is -0.137. The molecule has 0 N–H and O–H groups in total. The molecular formula is C27H22Cl2F3N5O2. The van der Waals surface area contributed by atoms with E-state index < -0.39 is 17.8 Å². The molecule has 202 valence electrons. The highest BCUT2D eigenvalue weighted by Gasteiger charge is 2.41. The number of ether oxygens (including phenoxy) is 1. The minimum absolute atomic E-state index is 0.0616. The van der Waals surface area contributed by atoms with Crippen LogP contribution in [0.15, 0.2) is 73.3 Å². The largest absolute Gasteiger partial charge is 0.474 e. The molecule has 0 unspecified atom stereocenters. The predicted molar refractivity (Wildman–Crippen MR) is 139 cm³/mol. The van der Waals surface area contributed by atoms with Gasteiger partial charge in [-0.25, -0.2) is 14.6 Å². The topological polar surface area (TPSA) is 73.1 Å². The third-order valence-electron chi connectivity index (χ3n) is 6.73. The first kappa shape index (κ1) is 27.0. The summed E-state index contributed by atoms with van der Waals surface area (Å²) in [5, 5.41) is 4.93. The first-order valence-electron chi connectivity index (χ1n) is 12.0. The van der Waals surface area contributed by atoms with E-state index in [9.17, 15) is 18.0 Å². The highest BCUT2D eigenvalue weighted by Crippen LogP contribution is 2.39. The third kappa shape index (κ3) is 5.86. The van der Waals surface area contributed by atoms with Crippen LogP contribution in [0.4, 0.5) is 13.2 Å². The number of carbonyl (C=O) groups is 1. The number of alkyl halides is 3. The van der Waals surface area contributed by atoms with E-state index in [4.69, 9.17) is 27.9 Å². The first-order chi connectivity index (χ1) is 18.6. The van der Waals surface area contributed by atoms with Gasteiger partial charge in [-0.3, -0.25) is 4.79 Å². The molecule has 7 nitrogen and oxygen atoms in total. The summed E-state index contributed by atoms with van der Waals surface area (Å²) in [4.78, 5) is 23.4. The molecule has 1 aliphatic heterocycles. The van der Waals surface area contributed by atoms with E-state index in [2.05, 4.69) is 15.1 Å². The zero-order valence-electron chi connectivity index (χ0n) is 20.5. The molecule has 0 radical (unpaired) electrons. The second kappa shape index (κ2) is 10.9. The van der Waals surface area contributed by atoms with Crippen molar-refractivity contribution in [1.29, 1.82) is 0 Å². The van der Waals surface area contributed by atoms with Crippen molar-refractivity contribution in [1.82, 2.24) is 24.6 Å². The number of carbonyl (C=O) groups excluding carboxylic acids is 1. The van der Waals surface area contributed by atoms with Crippen molar-refractivity contribution in [2.75, 3.05) is 13.1 Å². The van der Waals surface area contributed by atoms with Crippen LogP contribution in [0.5, 0.6) is 5.88 Å². The van der Waals surface area contributed by atoms with Gasteiger partial charge in [0.15, 0.2) is 5.82 Å². The maximum Gasteiger partial charge on any atom is 0.417 e. The highest BCUT2D eigenvalue weighted by molar-refractivity contribution is 6.42. The van der Waals surface area contributed by atoms with Gasteiger partial charge in [0.1, 0.15) is 6.10 Å². The fourth-order valence-corrected chi connectivity index (χ4v) is 5.00. The zero-order chi connectivity index (χ0) is 27.7. The molecule has 1 aromatic carbocycles. The second-order valence-electron chi connectivity index (χ2n) is 9.22. The molecule has 3 atom stereocenters. The molecule has 4 heterocycles. The van der Waals surface area contributed by atoms with Gasteiger partial charge in [-0.05, 0) is 48.9 Å². The Morgan fingerprint density at radius 2 is 1.87 bits per heavy atom. The van der Waals surface area contributed by atoms with Gasteiger partial charge in [0, 0.05) is 55.8 Å². The fraction of sp³-hybridized carbons (Fsp3) is 0.259. The Kier molecular flexibility index (Phi) is 7.51. The summed E-state index contributed by atoms with van der Waals surface area (Å²) in [7, 11) is 0. The van der Waals surface area contributed by atoms with Crippen LogP contribution >= 0.6 is 23.2 Å². The Labute approximate surface area is 232 Å². The van der Waals surface area contributed by atoms with Gasteiger partial charge < -0.3 is 9.64 Å². The molecule has 4 aromatic rings. The molecular weight excluding hydrogens is 554 g/mol. The number of likely N-dealkylation sites (tertiary alicyclic amines) is 1. The molecule has 0 bridgehead atoms. The van der Waals surface area contributed by atoms with Crippen molar-refractivity contribution in [2.24, 2.45) is 5.92 Å². The molecule has 1 fully saturated rings. The first-order valence-corrected chi connectivity index (χ1v) is 12.8. The van der Waals surface area contributed by atoms with E-state index in [0.29, 0.717) is 34.5 Å². The number of hydrogen-bond acceptors (Lipinski definition) is 5. The zero-order valence-corrected chi connectivity index (χ0v) is 22.0. The van der Waals surface area contributed by atoms with E-state index in [1.54, 1.807) is 52.3 Å². The maximum atomic E-state index is 13.5. The van der Waals surface area contributed by atoms with Crippen LogP contribution in [0.1, 0.15) is 34.3 Å². The molecule has 1 saturated heterocycles. The summed E-state index contributed by atoms with van der Waals surface area (Å²) in [6, 6.07) is 12.6. The van der Waals surface area contributed by atoms with Gasteiger partial charge in [-0.2, -0.15) is 18.3 Å². The van der Waals surface area contributed by atoms with Gasteiger partial charge in [0.25, 0.3) is 5.91 Å². The Hall–Kier alpha value is -3.63. The quantitative estimate of drug-likeness (QED) is 0.269. The van der Waals surface area contributed by atoms with Crippen molar-refractivity contribution in [3.63, 3.8) is 0 Å². The standard InChI is InChI=1S/C27H22Cl2F3N5O2/c1-16(39-25-8-5-19(13-34-25)27(30,31)32)20-14-36(15-21(20)17-3-6-22(28)23(29)11-17)26(38)18-4-7-24(33-12-18)37-10-2-9-35-37/h2-13,16,20-21H,14-15H2,1H3/t16-,20+,21+/m0/s1. The van der Waals surface area contributed by atoms with Crippen LogP contribution in [-0.2, 0) is 6.18 Å². The van der Waals surface area contributed by atoms with E-state index in [-0.39, 0.29) is 23.6 Å². The summed E-state index contributed by atoms with van der Waals surface area (Å²) in [5.41, 5.74) is 0.422. The van der Waals surface area contributed by atoms with Gasteiger partial charge >= 0.3 is 6.18 Å².